The summed E-state index contributed by atoms with van der Waals surface area (Å²) in [4.78, 5) is 0. The quantitative estimate of drug-likeness (QED) is 0.548. The lowest BCUT2D eigenvalue weighted by atomic mass is 10.3. The van der Waals surface area contributed by atoms with E-state index in [2.05, 4.69) is 19.3 Å². The number of aromatic nitrogens is 2. The fraction of sp³-hybridized carbons (Fsp3) is 0. The maximum Gasteiger partial charge on any atom is 0.344 e. The fourth-order valence-electron chi connectivity index (χ4n) is 0.938. The fourth-order valence-corrected chi connectivity index (χ4v) is 1.77. The minimum Gasteiger partial charge on any atom is -0.381 e. The Balaban J connectivity index is 2.68. The molecule has 1 aliphatic rings. The van der Waals surface area contributed by atoms with Crippen molar-refractivity contribution in [3.05, 3.63) is 18.0 Å². The van der Waals surface area contributed by atoms with Gasteiger partial charge in [-0.2, -0.15) is 13.5 Å². The molecule has 2 heterocycles. The van der Waals surface area contributed by atoms with E-state index in [1.165, 1.54) is 12.3 Å². The second-order valence-corrected chi connectivity index (χ2v) is 3.68. The summed E-state index contributed by atoms with van der Waals surface area (Å²) < 4.78 is 27.4. The first-order valence-electron chi connectivity index (χ1n) is 3.29. The lowest BCUT2D eigenvalue weighted by Gasteiger charge is -2.12. The molecule has 1 aromatic rings. The predicted octanol–water partition coefficient (Wildman–Crippen LogP) is -1.15. The van der Waals surface area contributed by atoms with Crippen LogP contribution < -0.4 is 10.5 Å². The summed E-state index contributed by atoms with van der Waals surface area (Å²) >= 11 is 0. The summed E-state index contributed by atoms with van der Waals surface area (Å²) in [5.41, 5.74) is 5.89. The van der Waals surface area contributed by atoms with E-state index in [-0.39, 0.29) is 11.5 Å². The van der Waals surface area contributed by atoms with Gasteiger partial charge in [0.15, 0.2) is 11.5 Å². The summed E-state index contributed by atoms with van der Waals surface area (Å²) in [5.74, 6) is -0.151. The van der Waals surface area contributed by atoms with Crippen LogP contribution in [0.3, 0.4) is 0 Å². The van der Waals surface area contributed by atoms with Crippen molar-refractivity contribution >= 4 is 21.7 Å². The second kappa shape index (κ2) is 2.39. The summed E-state index contributed by atoms with van der Waals surface area (Å²) in [7, 11) is -3.70. The molecule has 0 bridgehead atoms. The van der Waals surface area contributed by atoms with Crippen molar-refractivity contribution in [3.8, 4) is 0 Å². The average Bonchev–Trinajstić information content (AvgIpc) is 2.02. The molecule has 1 aliphatic heterocycles. The molecule has 0 atom stereocenters. The number of nitrogens with zero attached hydrogens (tertiary/aromatic N) is 3. The first-order chi connectivity index (χ1) is 6.08. The van der Waals surface area contributed by atoms with Gasteiger partial charge in [0.1, 0.15) is 0 Å². The maximum atomic E-state index is 11.0. The smallest absolute Gasteiger partial charge is 0.344 e. The molecule has 2 rings (SSSR count). The van der Waals surface area contributed by atoms with E-state index >= 15 is 0 Å². The van der Waals surface area contributed by atoms with Gasteiger partial charge in [-0.1, -0.05) is 0 Å². The molecule has 0 aliphatic carbocycles. The third-order valence-electron chi connectivity index (χ3n) is 1.42. The lowest BCUT2D eigenvalue weighted by molar-refractivity contribution is 0.602. The highest BCUT2D eigenvalue weighted by Gasteiger charge is 2.21. The van der Waals surface area contributed by atoms with Crippen molar-refractivity contribution in [2.45, 2.75) is 0 Å². The molecule has 0 unspecified atom stereocenters. The van der Waals surface area contributed by atoms with Crippen LogP contribution in [0, 0.1) is 0 Å². The second-order valence-electron chi connectivity index (χ2n) is 2.35. The van der Waals surface area contributed by atoms with Gasteiger partial charge < -0.3 is 5.73 Å². The van der Waals surface area contributed by atoms with E-state index in [1.54, 1.807) is 0 Å². The number of hydrogen-bond donors (Lipinski definition) is 2. The molecule has 1 aromatic heterocycles. The van der Waals surface area contributed by atoms with Crippen LogP contribution >= 0.6 is 0 Å². The zero-order chi connectivity index (χ0) is 9.47. The van der Waals surface area contributed by atoms with Crippen molar-refractivity contribution < 1.29 is 8.42 Å². The van der Waals surface area contributed by atoms with Gasteiger partial charge in [0.05, 0.1) is 11.9 Å². The van der Waals surface area contributed by atoms with E-state index in [0.29, 0.717) is 5.69 Å². The highest BCUT2D eigenvalue weighted by molar-refractivity contribution is 7.91. The van der Waals surface area contributed by atoms with Crippen molar-refractivity contribution in [1.82, 2.24) is 10.2 Å². The topological polar surface area (TPSA) is 110 Å². The molecule has 13 heavy (non-hydrogen) atoms. The van der Waals surface area contributed by atoms with E-state index in [1.807, 2.05) is 0 Å². The Labute approximate surface area is 73.9 Å². The Morgan fingerprint density at radius 1 is 1.46 bits per heavy atom. The molecule has 3 N–H and O–H groups in total. The van der Waals surface area contributed by atoms with Crippen LogP contribution in [0.1, 0.15) is 5.69 Å². The molecule has 8 heteroatoms. The molecule has 0 amide bonds. The van der Waals surface area contributed by atoms with E-state index in [4.69, 9.17) is 5.73 Å². The minimum atomic E-state index is -3.70. The third kappa shape index (κ3) is 1.31. The van der Waals surface area contributed by atoms with Gasteiger partial charge in [0.2, 0.25) is 0 Å². The van der Waals surface area contributed by atoms with Gasteiger partial charge in [0, 0.05) is 0 Å². The van der Waals surface area contributed by atoms with Crippen LogP contribution in [0.2, 0.25) is 0 Å². The standard InChI is InChI=1S/C5H5N5O2S/c6-5-4-3(1-2-7-8-4)9-13(11,12)10-5/h1-2,9H,(H2,6,10). The molecule has 0 fully saturated rings. The number of fused-ring (bicyclic) bond motifs is 1. The van der Waals surface area contributed by atoms with Crippen LogP contribution in [-0.2, 0) is 10.2 Å². The largest absolute Gasteiger partial charge is 0.381 e. The molecular weight excluding hydrogens is 194 g/mol. The molecule has 0 aromatic carbocycles. The minimum absolute atomic E-state index is 0.151. The number of hydrogen-bond acceptors (Lipinski definition) is 5. The zero-order valence-corrected chi connectivity index (χ0v) is 7.11. The van der Waals surface area contributed by atoms with E-state index < -0.39 is 10.2 Å². The Bertz CT molecular complexity index is 479. The zero-order valence-electron chi connectivity index (χ0n) is 6.30. The van der Waals surface area contributed by atoms with Crippen molar-refractivity contribution in [2.75, 3.05) is 4.72 Å². The van der Waals surface area contributed by atoms with Gasteiger partial charge in [-0.3, -0.25) is 4.72 Å². The Hall–Kier alpha value is -1.70. The Morgan fingerprint density at radius 3 is 3.00 bits per heavy atom. The molecular formula is C5H5N5O2S. The van der Waals surface area contributed by atoms with Crippen LogP contribution in [0.4, 0.5) is 5.69 Å². The number of nitrogens with two attached hydrogens (primary N) is 1. The lowest BCUT2D eigenvalue weighted by Crippen LogP contribution is -2.27. The van der Waals surface area contributed by atoms with Gasteiger partial charge in [0.25, 0.3) is 0 Å². The highest BCUT2D eigenvalue weighted by Crippen LogP contribution is 2.17. The third-order valence-corrected chi connectivity index (χ3v) is 2.34. The number of anilines is 1. The Morgan fingerprint density at radius 2 is 2.23 bits per heavy atom. The van der Waals surface area contributed by atoms with Gasteiger partial charge in [-0.05, 0) is 6.07 Å². The Kier molecular flexibility index (Phi) is 1.46. The van der Waals surface area contributed by atoms with Gasteiger partial charge >= 0.3 is 10.2 Å². The van der Waals surface area contributed by atoms with Gasteiger partial charge in [-0.25, -0.2) is 0 Å². The number of nitrogens with one attached hydrogen (secondary N) is 1. The molecule has 7 nitrogen and oxygen atoms in total. The average molecular weight is 199 g/mol. The van der Waals surface area contributed by atoms with E-state index in [0.717, 1.165) is 0 Å². The van der Waals surface area contributed by atoms with Crippen LogP contribution in [0.15, 0.2) is 16.7 Å². The van der Waals surface area contributed by atoms with Crippen LogP contribution in [-0.4, -0.2) is 24.5 Å². The van der Waals surface area contributed by atoms with Crippen molar-refractivity contribution in [3.63, 3.8) is 0 Å². The summed E-state index contributed by atoms with van der Waals surface area (Å²) in [6.45, 7) is 0. The van der Waals surface area contributed by atoms with Crippen molar-refractivity contribution in [2.24, 2.45) is 10.1 Å². The molecule has 0 radical (unpaired) electrons. The normalized spacial score (nSPS) is 18.3. The summed E-state index contributed by atoms with van der Waals surface area (Å²) in [6, 6.07) is 1.46. The summed E-state index contributed by atoms with van der Waals surface area (Å²) in [5, 5.41) is 7.18. The van der Waals surface area contributed by atoms with Crippen molar-refractivity contribution in [1.29, 1.82) is 0 Å². The SMILES string of the molecule is NC1=NS(=O)(=O)Nc2ccnnc21. The summed E-state index contributed by atoms with van der Waals surface area (Å²) in [6.07, 6.45) is 1.36. The first-order valence-corrected chi connectivity index (χ1v) is 4.73. The monoisotopic (exact) mass is 199 g/mol. The maximum absolute atomic E-state index is 11.0. The van der Waals surface area contributed by atoms with Gasteiger partial charge in [-0.15, -0.1) is 9.50 Å². The molecule has 0 saturated heterocycles. The molecule has 0 saturated carbocycles. The van der Waals surface area contributed by atoms with Crippen LogP contribution in [0.25, 0.3) is 0 Å². The predicted molar refractivity (Wildman–Crippen MR) is 45.3 cm³/mol. The first kappa shape index (κ1) is 7.92. The van der Waals surface area contributed by atoms with Crippen LogP contribution in [0.5, 0.6) is 0 Å². The number of amidine groups is 1. The molecule has 0 spiro atoms. The highest BCUT2D eigenvalue weighted by atomic mass is 32.2. The molecule has 68 valence electrons. The van der Waals surface area contributed by atoms with E-state index in [9.17, 15) is 8.42 Å². The number of rotatable bonds is 0.